The maximum atomic E-state index is 12.9. The minimum absolute atomic E-state index is 0.0820. The van der Waals surface area contributed by atoms with Gasteiger partial charge >= 0.3 is 6.18 Å². The minimum atomic E-state index is -4.38. The van der Waals surface area contributed by atoms with Gasteiger partial charge in [-0.25, -0.2) is 4.98 Å². The van der Waals surface area contributed by atoms with Crippen LogP contribution < -0.4 is 5.32 Å². The third-order valence-corrected chi connectivity index (χ3v) is 6.14. The Hall–Kier alpha value is -1.44. The van der Waals surface area contributed by atoms with Gasteiger partial charge in [0.05, 0.1) is 0 Å². The van der Waals surface area contributed by atoms with Crippen LogP contribution in [0.15, 0.2) is 24.3 Å². The molecule has 1 unspecified atom stereocenters. The molecule has 1 N–H and O–H groups in total. The molecule has 0 aliphatic carbocycles. The largest absolute Gasteiger partial charge is 0.433 e. The summed E-state index contributed by atoms with van der Waals surface area (Å²) >= 11 is 1.88. The van der Waals surface area contributed by atoms with Crippen molar-refractivity contribution in [2.75, 3.05) is 19.6 Å². The molecule has 4 rings (SSSR count). The van der Waals surface area contributed by atoms with Gasteiger partial charge in [0.1, 0.15) is 5.69 Å². The molecule has 2 aliphatic heterocycles. The SMILES string of the molecule is FC(F)(F)c1cccc(C2CCN(Cc3cc4c(s3)CCNC4)C2)n1. The van der Waals surface area contributed by atoms with Crippen molar-refractivity contribution in [1.82, 2.24) is 15.2 Å². The quantitative estimate of drug-likeness (QED) is 0.895. The third kappa shape index (κ3) is 3.73. The van der Waals surface area contributed by atoms with Gasteiger partial charge in [0.2, 0.25) is 0 Å². The fourth-order valence-corrected chi connectivity index (χ4v) is 4.90. The molecule has 2 aromatic rings. The molecule has 1 fully saturated rings. The average Bonchev–Trinajstić information content (AvgIpc) is 3.20. The molecule has 7 heteroatoms. The molecule has 3 nitrogen and oxygen atoms in total. The van der Waals surface area contributed by atoms with Crippen molar-refractivity contribution in [1.29, 1.82) is 0 Å². The highest BCUT2D eigenvalue weighted by molar-refractivity contribution is 7.12. The Labute approximate surface area is 148 Å². The predicted octanol–water partition coefficient (Wildman–Crippen LogP) is 3.80. The molecule has 0 saturated carbocycles. The second-order valence-electron chi connectivity index (χ2n) is 6.75. The Morgan fingerprint density at radius 1 is 1.32 bits per heavy atom. The molecule has 25 heavy (non-hydrogen) atoms. The molecule has 2 aromatic heterocycles. The van der Waals surface area contributed by atoms with Crippen LogP contribution in [0.2, 0.25) is 0 Å². The van der Waals surface area contributed by atoms with Gasteiger partial charge in [-0.1, -0.05) is 6.07 Å². The molecule has 0 aromatic carbocycles. The van der Waals surface area contributed by atoms with E-state index in [9.17, 15) is 13.2 Å². The first kappa shape index (κ1) is 17.0. The second kappa shape index (κ2) is 6.70. The van der Waals surface area contributed by atoms with E-state index in [0.29, 0.717) is 5.69 Å². The van der Waals surface area contributed by atoms with Gasteiger partial charge in [0.15, 0.2) is 0 Å². The smallest absolute Gasteiger partial charge is 0.312 e. The summed E-state index contributed by atoms with van der Waals surface area (Å²) in [6.45, 7) is 4.55. The lowest BCUT2D eigenvalue weighted by molar-refractivity contribution is -0.141. The molecule has 0 amide bonds. The van der Waals surface area contributed by atoms with E-state index in [-0.39, 0.29) is 5.92 Å². The standard InChI is InChI=1S/C18H20F3N3S/c19-18(20,21)17-3-1-2-15(23-17)12-5-7-24(10-12)11-14-8-13-9-22-6-4-16(13)25-14/h1-3,8,12,22H,4-7,9-11H2. The van der Waals surface area contributed by atoms with Crippen molar-refractivity contribution in [2.24, 2.45) is 0 Å². The number of thiophene rings is 1. The first-order valence-electron chi connectivity index (χ1n) is 8.57. The molecule has 0 bridgehead atoms. The summed E-state index contributed by atoms with van der Waals surface area (Å²) in [5, 5.41) is 3.39. The first-order chi connectivity index (χ1) is 12.0. The number of fused-ring (bicyclic) bond motifs is 1. The Morgan fingerprint density at radius 3 is 3.00 bits per heavy atom. The Balaban J connectivity index is 1.42. The molecule has 1 saturated heterocycles. The number of nitrogens with zero attached hydrogens (tertiary/aromatic N) is 2. The van der Waals surface area contributed by atoms with E-state index < -0.39 is 11.9 Å². The highest BCUT2D eigenvalue weighted by Crippen LogP contribution is 2.33. The van der Waals surface area contributed by atoms with Crippen LogP contribution in [0.5, 0.6) is 0 Å². The van der Waals surface area contributed by atoms with Crippen LogP contribution in [-0.2, 0) is 25.7 Å². The zero-order valence-electron chi connectivity index (χ0n) is 13.8. The molecule has 2 aliphatic rings. The predicted molar refractivity (Wildman–Crippen MR) is 91.6 cm³/mol. The fourth-order valence-electron chi connectivity index (χ4n) is 3.67. The summed E-state index contributed by atoms with van der Waals surface area (Å²) in [6, 6.07) is 6.51. The van der Waals surface area contributed by atoms with Crippen molar-refractivity contribution < 1.29 is 13.2 Å². The van der Waals surface area contributed by atoms with Crippen LogP contribution in [-0.4, -0.2) is 29.5 Å². The van der Waals surface area contributed by atoms with Crippen molar-refractivity contribution >= 4 is 11.3 Å². The number of aromatic nitrogens is 1. The van der Waals surface area contributed by atoms with Gasteiger partial charge in [-0.3, -0.25) is 4.90 Å². The lowest BCUT2D eigenvalue weighted by Gasteiger charge is -2.15. The lowest BCUT2D eigenvalue weighted by Crippen LogP contribution is -2.21. The van der Waals surface area contributed by atoms with E-state index in [2.05, 4.69) is 21.3 Å². The Bertz CT molecular complexity index is 733. The summed E-state index contributed by atoms with van der Waals surface area (Å²) in [5.74, 6) is 0.0820. The Morgan fingerprint density at radius 2 is 2.20 bits per heavy atom. The van der Waals surface area contributed by atoms with E-state index in [1.807, 2.05) is 11.3 Å². The van der Waals surface area contributed by atoms with Crippen LogP contribution in [0.3, 0.4) is 0 Å². The van der Waals surface area contributed by atoms with Crippen LogP contribution in [0.1, 0.15) is 39.0 Å². The molecule has 0 radical (unpaired) electrons. The van der Waals surface area contributed by atoms with Crippen molar-refractivity contribution in [3.63, 3.8) is 0 Å². The maximum absolute atomic E-state index is 12.9. The van der Waals surface area contributed by atoms with E-state index in [1.54, 1.807) is 6.07 Å². The molecule has 1 atom stereocenters. The molecule has 0 spiro atoms. The zero-order chi connectivity index (χ0) is 17.4. The number of pyridine rings is 1. The van der Waals surface area contributed by atoms with Gasteiger partial charge in [-0.15, -0.1) is 11.3 Å². The minimum Gasteiger partial charge on any atom is -0.312 e. The topological polar surface area (TPSA) is 28.2 Å². The summed E-state index contributed by atoms with van der Waals surface area (Å²) < 4.78 is 38.6. The average molecular weight is 367 g/mol. The molecule has 134 valence electrons. The van der Waals surface area contributed by atoms with E-state index >= 15 is 0 Å². The van der Waals surface area contributed by atoms with Gasteiger partial charge in [-0.05, 0) is 43.1 Å². The maximum Gasteiger partial charge on any atom is 0.433 e. The van der Waals surface area contributed by atoms with Gasteiger partial charge in [0.25, 0.3) is 0 Å². The number of likely N-dealkylation sites (tertiary alicyclic amines) is 1. The van der Waals surface area contributed by atoms with Gasteiger partial charge < -0.3 is 5.32 Å². The lowest BCUT2D eigenvalue weighted by atomic mass is 10.0. The van der Waals surface area contributed by atoms with Crippen molar-refractivity contribution in [2.45, 2.75) is 38.0 Å². The summed E-state index contributed by atoms with van der Waals surface area (Å²) in [6.07, 6.45) is -2.42. The number of nitrogens with one attached hydrogen (secondary N) is 1. The molecular formula is C18H20F3N3S. The van der Waals surface area contributed by atoms with Gasteiger partial charge in [0, 0.05) is 47.5 Å². The fraction of sp³-hybridized carbons (Fsp3) is 0.500. The van der Waals surface area contributed by atoms with Crippen LogP contribution in [0.25, 0.3) is 0 Å². The van der Waals surface area contributed by atoms with E-state index in [4.69, 9.17) is 0 Å². The number of hydrogen-bond acceptors (Lipinski definition) is 4. The van der Waals surface area contributed by atoms with Gasteiger partial charge in [-0.2, -0.15) is 13.2 Å². The first-order valence-corrected chi connectivity index (χ1v) is 9.38. The highest BCUT2D eigenvalue weighted by atomic mass is 32.1. The number of halogens is 3. The zero-order valence-corrected chi connectivity index (χ0v) is 14.6. The van der Waals surface area contributed by atoms with E-state index in [0.717, 1.165) is 51.6 Å². The normalized spacial score (nSPS) is 21.5. The number of hydrogen-bond donors (Lipinski definition) is 1. The summed E-state index contributed by atoms with van der Waals surface area (Å²) in [7, 11) is 0. The van der Waals surface area contributed by atoms with Crippen LogP contribution in [0.4, 0.5) is 13.2 Å². The summed E-state index contributed by atoms with van der Waals surface area (Å²) in [4.78, 5) is 9.02. The summed E-state index contributed by atoms with van der Waals surface area (Å²) in [5.41, 5.74) is 1.18. The Kier molecular flexibility index (Phi) is 4.56. The van der Waals surface area contributed by atoms with Crippen LogP contribution >= 0.6 is 11.3 Å². The highest BCUT2D eigenvalue weighted by Gasteiger charge is 2.34. The van der Waals surface area contributed by atoms with Crippen LogP contribution in [0, 0.1) is 0 Å². The second-order valence-corrected chi connectivity index (χ2v) is 7.98. The third-order valence-electron chi connectivity index (χ3n) is 4.92. The molecular weight excluding hydrogens is 347 g/mol. The molecule has 4 heterocycles. The monoisotopic (exact) mass is 367 g/mol. The van der Waals surface area contributed by atoms with Crippen molar-refractivity contribution in [3.05, 3.63) is 51.0 Å². The van der Waals surface area contributed by atoms with E-state index in [1.165, 1.54) is 21.4 Å². The number of alkyl halides is 3. The van der Waals surface area contributed by atoms with Crippen molar-refractivity contribution in [3.8, 4) is 0 Å². The number of rotatable bonds is 3.